The highest BCUT2D eigenvalue weighted by molar-refractivity contribution is 5.82. The summed E-state index contributed by atoms with van der Waals surface area (Å²) in [6.45, 7) is 0.486. The summed E-state index contributed by atoms with van der Waals surface area (Å²) in [6, 6.07) is 1.37. The molecule has 0 spiro atoms. The molecule has 1 aromatic rings. The highest BCUT2D eigenvalue weighted by Gasteiger charge is 2.36. The Balaban J connectivity index is 2.29. The third kappa shape index (κ3) is 1.90. The van der Waals surface area contributed by atoms with E-state index >= 15 is 0 Å². The molecule has 1 aliphatic heterocycles. The van der Waals surface area contributed by atoms with E-state index in [2.05, 4.69) is 4.74 Å². The Morgan fingerprint density at radius 3 is 2.71 bits per heavy atom. The molecule has 0 aliphatic carbocycles. The first-order valence-electron chi connectivity index (χ1n) is 5.13. The number of carbonyl (C=O) groups excluding carboxylic acids is 1. The van der Waals surface area contributed by atoms with E-state index in [-0.39, 0.29) is 11.4 Å². The lowest BCUT2D eigenvalue weighted by Crippen LogP contribution is -2.53. The normalized spacial score (nSPS) is 18.8. The second kappa shape index (κ2) is 4.20. The van der Waals surface area contributed by atoms with Gasteiger partial charge in [-0.25, -0.2) is 13.6 Å². The highest BCUT2D eigenvalue weighted by Crippen LogP contribution is 2.31. The maximum atomic E-state index is 13.6. The average molecular weight is 242 g/mol. The molecule has 4 nitrogen and oxygen atoms in total. The minimum atomic E-state index is -0.697. The van der Waals surface area contributed by atoms with Crippen molar-refractivity contribution in [3.63, 3.8) is 0 Å². The van der Waals surface area contributed by atoms with Gasteiger partial charge in [-0.3, -0.25) is 0 Å². The molecule has 0 unspecified atom stereocenters. The van der Waals surface area contributed by atoms with Crippen LogP contribution in [-0.2, 0) is 9.53 Å². The SMILES string of the molecule is COC(=O)[C@@H]1CCN1c1cc(F)c(N)cc1F. The van der Waals surface area contributed by atoms with E-state index in [1.54, 1.807) is 0 Å². The van der Waals surface area contributed by atoms with E-state index in [1.807, 2.05) is 0 Å². The molecule has 1 aliphatic rings. The number of hydrogen-bond acceptors (Lipinski definition) is 4. The van der Waals surface area contributed by atoms with Crippen molar-refractivity contribution in [2.45, 2.75) is 12.5 Å². The summed E-state index contributed by atoms with van der Waals surface area (Å²) < 4.78 is 31.4. The maximum absolute atomic E-state index is 13.6. The van der Waals surface area contributed by atoms with Crippen LogP contribution in [0.1, 0.15) is 6.42 Å². The Bertz CT molecular complexity index is 465. The number of hydrogen-bond donors (Lipinski definition) is 1. The van der Waals surface area contributed by atoms with Gasteiger partial charge in [-0.15, -0.1) is 0 Å². The molecule has 1 heterocycles. The minimum Gasteiger partial charge on any atom is -0.467 e. The fraction of sp³-hybridized carbons (Fsp3) is 0.364. The van der Waals surface area contributed by atoms with Crippen LogP contribution in [0.15, 0.2) is 12.1 Å². The van der Waals surface area contributed by atoms with Crippen molar-refractivity contribution < 1.29 is 18.3 Å². The fourth-order valence-electron chi connectivity index (χ4n) is 1.83. The molecule has 0 saturated carbocycles. The summed E-state index contributed by atoms with van der Waals surface area (Å²) in [5.41, 5.74) is 5.04. The number of nitrogen functional groups attached to an aromatic ring is 1. The molecule has 0 bridgehead atoms. The van der Waals surface area contributed by atoms with Crippen LogP contribution < -0.4 is 10.6 Å². The molecule has 0 amide bonds. The van der Waals surface area contributed by atoms with Crippen LogP contribution in [0.5, 0.6) is 0 Å². The van der Waals surface area contributed by atoms with Crippen LogP contribution in [0.4, 0.5) is 20.2 Å². The number of halogens is 2. The molecule has 1 aromatic carbocycles. The fourth-order valence-corrected chi connectivity index (χ4v) is 1.83. The van der Waals surface area contributed by atoms with Gasteiger partial charge in [0.1, 0.15) is 17.7 Å². The molecule has 1 saturated heterocycles. The molecule has 1 atom stereocenters. The Hall–Kier alpha value is -1.85. The van der Waals surface area contributed by atoms with Crippen molar-refractivity contribution in [2.24, 2.45) is 0 Å². The second-order valence-corrected chi connectivity index (χ2v) is 3.85. The van der Waals surface area contributed by atoms with E-state index in [0.717, 1.165) is 12.1 Å². The number of carbonyl (C=O) groups is 1. The molecule has 6 heteroatoms. The molecule has 1 fully saturated rings. The lowest BCUT2D eigenvalue weighted by atomic mass is 10.0. The second-order valence-electron chi connectivity index (χ2n) is 3.85. The summed E-state index contributed by atoms with van der Waals surface area (Å²) in [4.78, 5) is 12.8. The lowest BCUT2D eigenvalue weighted by Gasteiger charge is -2.40. The van der Waals surface area contributed by atoms with Crippen LogP contribution in [0.25, 0.3) is 0 Å². The van der Waals surface area contributed by atoms with Crippen molar-refractivity contribution >= 4 is 17.3 Å². The molecule has 17 heavy (non-hydrogen) atoms. The number of esters is 1. The Kier molecular flexibility index (Phi) is 2.87. The topological polar surface area (TPSA) is 55.6 Å². The number of anilines is 2. The van der Waals surface area contributed by atoms with E-state index < -0.39 is 23.6 Å². The third-order valence-electron chi connectivity index (χ3n) is 2.87. The molecular formula is C11H12F2N2O2. The van der Waals surface area contributed by atoms with Crippen LogP contribution >= 0.6 is 0 Å². The van der Waals surface area contributed by atoms with Crippen molar-refractivity contribution in [3.8, 4) is 0 Å². The average Bonchev–Trinajstić information content (AvgIpc) is 2.24. The number of rotatable bonds is 2. The summed E-state index contributed by atoms with van der Waals surface area (Å²) in [7, 11) is 1.26. The largest absolute Gasteiger partial charge is 0.467 e. The number of nitrogens with two attached hydrogens (primary N) is 1. The van der Waals surface area contributed by atoms with Gasteiger partial charge >= 0.3 is 5.97 Å². The van der Waals surface area contributed by atoms with Gasteiger partial charge in [0, 0.05) is 18.7 Å². The third-order valence-corrected chi connectivity index (χ3v) is 2.87. The Morgan fingerprint density at radius 2 is 2.18 bits per heavy atom. The zero-order valence-corrected chi connectivity index (χ0v) is 9.24. The zero-order chi connectivity index (χ0) is 12.6. The predicted octanol–water partition coefficient (Wildman–Crippen LogP) is 1.30. The van der Waals surface area contributed by atoms with Crippen LogP contribution in [0.2, 0.25) is 0 Å². The first-order chi connectivity index (χ1) is 8.04. The predicted molar refractivity (Wildman–Crippen MR) is 58.5 cm³/mol. The first kappa shape index (κ1) is 11.6. The minimum absolute atomic E-state index is 0.0401. The van der Waals surface area contributed by atoms with Gasteiger partial charge in [0.15, 0.2) is 0 Å². The van der Waals surface area contributed by atoms with Gasteiger partial charge in [0.05, 0.1) is 18.5 Å². The molecule has 2 N–H and O–H groups in total. The monoisotopic (exact) mass is 242 g/mol. The van der Waals surface area contributed by atoms with Gasteiger partial charge in [0.25, 0.3) is 0 Å². The molecular weight excluding hydrogens is 230 g/mol. The van der Waals surface area contributed by atoms with Crippen molar-refractivity contribution in [1.29, 1.82) is 0 Å². The standard InChI is InChI=1S/C11H12F2N2O2/c1-17-11(16)9-2-3-15(9)10-5-6(12)8(14)4-7(10)13/h4-5,9H,2-3,14H2,1H3/t9-/m0/s1. The molecule has 0 aromatic heterocycles. The van der Waals surface area contributed by atoms with Crippen LogP contribution in [0.3, 0.4) is 0 Å². The van der Waals surface area contributed by atoms with E-state index in [4.69, 9.17) is 5.73 Å². The first-order valence-corrected chi connectivity index (χ1v) is 5.13. The maximum Gasteiger partial charge on any atom is 0.328 e. The van der Waals surface area contributed by atoms with Gasteiger partial charge in [-0.1, -0.05) is 0 Å². The van der Waals surface area contributed by atoms with E-state index in [1.165, 1.54) is 12.0 Å². The van der Waals surface area contributed by atoms with Gasteiger partial charge < -0.3 is 15.4 Å². The zero-order valence-electron chi connectivity index (χ0n) is 9.24. The lowest BCUT2D eigenvalue weighted by molar-refractivity contribution is -0.143. The smallest absolute Gasteiger partial charge is 0.328 e. The van der Waals surface area contributed by atoms with E-state index in [9.17, 15) is 13.6 Å². The summed E-state index contributed by atoms with van der Waals surface area (Å²) in [5.74, 6) is -1.79. The summed E-state index contributed by atoms with van der Waals surface area (Å²) in [6.07, 6.45) is 0.568. The van der Waals surface area contributed by atoms with Crippen molar-refractivity contribution in [1.82, 2.24) is 0 Å². The molecule has 0 radical (unpaired) electrons. The van der Waals surface area contributed by atoms with Crippen LogP contribution in [0, 0.1) is 11.6 Å². The summed E-state index contributed by atoms with van der Waals surface area (Å²) >= 11 is 0. The number of methoxy groups -OCH3 is 1. The van der Waals surface area contributed by atoms with E-state index in [0.29, 0.717) is 13.0 Å². The van der Waals surface area contributed by atoms with Gasteiger partial charge in [-0.05, 0) is 6.42 Å². The molecule has 2 rings (SSSR count). The Labute approximate surface area is 97.0 Å². The highest BCUT2D eigenvalue weighted by atomic mass is 19.1. The summed E-state index contributed by atoms with van der Waals surface area (Å²) in [5, 5.41) is 0. The van der Waals surface area contributed by atoms with Gasteiger partial charge in [-0.2, -0.15) is 0 Å². The Morgan fingerprint density at radius 1 is 1.47 bits per heavy atom. The van der Waals surface area contributed by atoms with Crippen LogP contribution in [-0.4, -0.2) is 25.7 Å². The number of nitrogens with zero attached hydrogens (tertiary/aromatic N) is 1. The molecule has 92 valence electrons. The van der Waals surface area contributed by atoms with Crippen molar-refractivity contribution in [3.05, 3.63) is 23.8 Å². The number of benzene rings is 1. The van der Waals surface area contributed by atoms with Crippen molar-refractivity contribution in [2.75, 3.05) is 24.3 Å². The van der Waals surface area contributed by atoms with Gasteiger partial charge in [0.2, 0.25) is 0 Å². The quantitative estimate of drug-likeness (QED) is 0.627. The number of ether oxygens (including phenoxy) is 1.